The second-order valence-corrected chi connectivity index (χ2v) is 2.31. The molecule has 1 rings (SSSR count). The Balaban J connectivity index is 2.59. The molecule has 1 aromatic heterocycles. The summed E-state index contributed by atoms with van der Waals surface area (Å²) in [5, 5.41) is 3.27. The van der Waals surface area contributed by atoms with E-state index >= 15 is 0 Å². The maximum Gasteiger partial charge on any atom is 0.194 e. The maximum absolute atomic E-state index is 5.52. The van der Waals surface area contributed by atoms with Crippen molar-refractivity contribution in [3.8, 4) is 11.8 Å². The Bertz CT molecular complexity index is 282. The molecule has 0 saturated heterocycles. The van der Waals surface area contributed by atoms with Crippen LogP contribution in [0, 0.1) is 11.8 Å². The average molecular weight is 170 g/mol. The minimum Gasteiger partial charge on any atom is -0.436 e. The van der Waals surface area contributed by atoms with Gasteiger partial charge in [0.1, 0.15) is 0 Å². The lowest BCUT2D eigenvalue weighted by Gasteiger charge is -1.81. The first-order chi connectivity index (χ1) is 5.33. The lowest BCUT2D eigenvalue weighted by molar-refractivity contribution is 0.556. The van der Waals surface area contributed by atoms with Gasteiger partial charge in [-0.1, -0.05) is 5.92 Å². The van der Waals surface area contributed by atoms with Crippen molar-refractivity contribution in [3.63, 3.8) is 0 Å². The van der Waals surface area contributed by atoms with Crippen LogP contribution in [0.2, 0.25) is 5.22 Å². The monoisotopic (exact) mass is 169 g/mol. The van der Waals surface area contributed by atoms with Crippen molar-refractivity contribution < 1.29 is 4.42 Å². The highest BCUT2D eigenvalue weighted by molar-refractivity contribution is 6.28. The van der Waals surface area contributed by atoms with Crippen LogP contribution in [0.15, 0.2) is 16.5 Å². The molecule has 0 aliphatic carbocycles. The molecule has 1 aromatic rings. The maximum atomic E-state index is 5.52. The van der Waals surface area contributed by atoms with Crippen LogP contribution < -0.4 is 5.32 Å². The molecule has 2 nitrogen and oxygen atoms in total. The van der Waals surface area contributed by atoms with Gasteiger partial charge in [0.2, 0.25) is 0 Å². The number of nitrogens with one attached hydrogen (secondary N) is 1. The predicted octanol–water partition coefficient (Wildman–Crippen LogP) is 1.50. The van der Waals surface area contributed by atoms with E-state index in [1.54, 1.807) is 12.1 Å². The molecule has 0 saturated carbocycles. The van der Waals surface area contributed by atoms with Gasteiger partial charge in [-0.25, -0.2) is 0 Å². The normalized spacial score (nSPS) is 8.91. The fourth-order valence-electron chi connectivity index (χ4n) is 0.601. The predicted molar refractivity (Wildman–Crippen MR) is 44.5 cm³/mol. The standard InChI is InChI=1S/C8H8ClNO/c1-10-6-2-3-7-4-5-8(9)11-7/h4-5,10H,6H2,1H3. The van der Waals surface area contributed by atoms with E-state index in [9.17, 15) is 0 Å². The zero-order chi connectivity index (χ0) is 8.10. The van der Waals surface area contributed by atoms with Gasteiger partial charge >= 0.3 is 0 Å². The van der Waals surface area contributed by atoms with Crippen LogP contribution in [0.25, 0.3) is 0 Å². The van der Waals surface area contributed by atoms with E-state index in [0.29, 0.717) is 17.5 Å². The number of halogens is 1. The lowest BCUT2D eigenvalue weighted by Crippen LogP contribution is -2.04. The Morgan fingerprint density at radius 2 is 2.45 bits per heavy atom. The minimum absolute atomic E-state index is 0.374. The number of furan rings is 1. The van der Waals surface area contributed by atoms with E-state index in [4.69, 9.17) is 16.0 Å². The van der Waals surface area contributed by atoms with Crippen molar-refractivity contribution in [2.75, 3.05) is 13.6 Å². The molecule has 0 atom stereocenters. The Kier molecular flexibility index (Phi) is 3.03. The molecule has 0 unspecified atom stereocenters. The van der Waals surface area contributed by atoms with Crippen molar-refractivity contribution >= 4 is 11.6 Å². The van der Waals surface area contributed by atoms with E-state index in [1.165, 1.54) is 0 Å². The molecule has 0 radical (unpaired) electrons. The summed E-state index contributed by atoms with van der Waals surface area (Å²) in [6, 6.07) is 3.41. The fraction of sp³-hybridized carbons (Fsp3) is 0.250. The molecule has 0 fully saturated rings. The first-order valence-corrected chi connectivity index (χ1v) is 3.59. The summed E-state index contributed by atoms with van der Waals surface area (Å²) in [5.74, 6) is 6.26. The summed E-state index contributed by atoms with van der Waals surface area (Å²) >= 11 is 5.52. The molecule has 0 amide bonds. The molecule has 58 valence electrons. The van der Waals surface area contributed by atoms with Gasteiger partial charge in [-0.15, -0.1) is 0 Å². The van der Waals surface area contributed by atoms with E-state index in [2.05, 4.69) is 17.2 Å². The number of rotatable bonds is 1. The summed E-state index contributed by atoms with van der Waals surface area (Å²) in [7, 11) is 1.84. The summed E-state index contributed by atoms with van der Waals surface area (Å²) in [6.45, 7) is 0.651. The molecular weight excluding hydrogens is 162 g/mol. The summed E-state index contributed by atoms with van der Waals surface area (Å²) in [5.41, 5.74) is 0. The van der Waals surface area contributed by atoms with Crippen LogP contribution in [0.3, 0.4) is 0 Å². The van der Waals surface area contributed by atoms with Crippen LogP contribution in [-0.2, 0) is 0 Å². The van der Waals surface area contributed by atoms with E-state index in [0.717, 1.165) is 0 Å². The molecule has 0 spiro atoms. The average Bonchev–Trinajstić information content (AvgIpc) is 2.37. The molecule has 1 N–H and O–H groups in total. The topological polar surface area (TPSA) is 25.2 Å². The van der Waals surface area contributed by atoms with E-state index < -0.39 is 0 Å². The van der Waals surface area contributed by atoms with E-state index in [1.807, 2.05) is 7.05 Å². The molecule has 0 bridgehead atoms. The van der Waals surface area contributed by atoms with Gasteiger partial charge in [-0.2, -0.15) is 0 Å². The molecule has 1 heterocycles. The Hall–Kier alpha value is -0.910. The highest BCUT2D eigenvalue weighted by Crippen LogP contribution is 2.11. The first kappa shape index (κ1) is 8.19. The Labute approximate surface area is 70.5 Å². The third-order valence-corrected chi connectivity index (χ3v) is 1.25. The van der Waals surface area contributed by atoms with Crippen LogP contribution >= 0.6 is 11.6 Å². The van der Waals surface area contributed by atoms with Gasteiger partial charge in [0.05, 0.1) is 6.54 Å². The van der Waals surface area contributed by atoms with Gasteiger partial charge < -0.3 is 9.73 Å². The third-order valence-electron chi connectivity index (χ3n) is 1.05. The molecular formula is C8H8ClNO. The van der Waals surface area contributed by atoms with Gasteiger partial charge in [0.15, 0.2) is 11.0 Å². The quantitative estimate of drug-likeness (QED) is 0.645. The van der Waals surface area contributed by atoms with Gasteiger partial charge in [0, 0.05) is 0 Å². The van der Waals surface area contributed by atoms with Crippen molar-refractivity contribution in [3.05, 3.63) is 23.1 Å². The molecule has 0 aliphatic heterocycles. The van der Waals surface area contributed by atoms with Gasteiger partial charge in [0.25, 0.3) is 0 Å². The minimum atomic E-state index is 0.374. The molecule has 3 heteroatoms. The fourth-order valence-corrected chi connectivity index (χ4v) is 0.747. The zero-order valence-electron chi connectivity index (χ0n) is 6.15. The summed E-state index contributed by atoms with van der Waals surface area (Å²) in [4.78, 5) is 0. The van der Waals surface area contributed by atoms with Crippen LogP contribution in [0.1, 0.15) is 5.76 Å². The van der Waals surface area contributed by atoms with Gasteiger partial charge in [-0.05, 0) is 36.7 Å². The molecule has 11 heavy (non-hydrogen) atoms. The Morgan fingerprint density at radius 3 is 3.00 bits per heavy atom. The highest BCUT2D eigenvalue weighted by Gasteiger charge is 1.92. The summed E-state index contributed by atoms with van der Waals surface area (Å²) < 4.78 is 4.99. The smallest absolute Gasteiger partial charge is 0.194 e. The second kappa shape index (κ2) is 4.07. The zero-order valence-corrected chi connectivity index (χ0v) is 6.90. The summed E-state index contributed by atoms with van der Waals surface area (Å²) in [6.07, 6.45) is 0. The van der Waals surface area contributed by atoms with Crippen LogP contribution in [-0.4, -0.2) is 13.6 Å². The number of hydrogen-bond acceptors (Lipinski definition) is 2. The first-order valence-electron chi connectivity index (χ1n) is 3.22. The van der Waals surface area contributed by atoms with Gasteiger partial charge in [-0.3, -0.25) is 0 Å². The van der Waals surface area contributed by atoms with E-state index in [-0.39, 0.29) is 0 Å². The number of hydrogen-bond donors (Lipinski definition) is 1. The van der Waals surface area contributed by atoms with Crippen molar-refractivity contribution in [2.24, 2.45) is 0 Å². The lowest BCUT2D eigenvalue weighted by atomic mass is 10.4. The van der Waals surface area contributed by atoms with Crippen molar-refractivity contribution in [2.45, 2.75) is 0 Å². The van der Waals surface area contributed by atoms with Crippen molar-refractivity contribution in [1.82, 2.24) is 5.32 Å². The Morgan fingerprint density at radius 1 is 1.64 bits per heavy atom. The molecule has 0 aromatic carbocycles. The second-order valence-electron chi connectivity index (χ2n) is 1.94. The van der Waals surface area contributed by atoms with Crippen molar-refractivity contribution in [1.29, 1.82) is 0 Å². The molecule has 0 aliphatic rings. The largest absolute Gasteiger partial charge is 0.436 e. The van der Waals surface area contributed by atoms with Crippen LogP contribution in [0.5, 0.6) is 0 Å². The highest BCUT2D eigenvalue weighted by atomic mass is 35.5. The third kappa shape index (κ3) is 2.67. The SMILES string of the molecule is CNCC#Cc1ccc(Cl)o1. The van der Waals surface area contributed by atoms with Crippen LogP contribution in [0.4, 0.5) is 0 Å².